The number of piperidine rings is 1. The lowest BCUT2D eigenvalue weighted by molar-refractivity contribution is -0.131. The first-order valence-corrected chi connectivity index (χ1v) is 7.50. The summed E-state index contributed by atoms with van der Waals surface area (Å²) in [4.78, 5) is 17.0. The van der Waals surface area contributed by atoms with Crippen LogP contribution in [0.15, 0.2) is 0 Å². The van der Waals surface area contributed by atoms with Gasteiger partial charge in [0.25, 0.3) is 0 Å². The van der Waals surface area contributed by atoms with Crippen LogP contribution in [0.25, 0.3) is 0 Å². The summed E-state index contributed by atoms with van der Waals surface area (Å²) in [6.45, 7) is 10.3. The molecule has 2 saturated heterocycles. The van der Waals surface area contributed by atoms with Crippen LogP contribution in [0.5, 0.6) is 0 Å². The second kappa shape index (κ2) is 6.68. The largest absolute Gasteiger partial charge is 0.354 e. The number of hydrogen-bond donors (Lipinski definition) is 2. The molecule has 5 nitrogen and oxygen atoms in total. The molecular weight excluding hydrogens is 240 g/mol. The van der Waals surface area contributed by atoms with E-state index >= 15 is 0 Å². The zero-order valence-corrected chi connectivity index (χ0v) is 12.4. The van der Waals surface area contributed by atoms with E-state index < -0.39 is 0 Å². The summed E-state index contributed by atoms with van der Waals surface area (Å²) in [5.74, 6) is 0.239. The van der Waals surface area contributed by atoms with E-state index in [0.717, 1.165) is 65.2 Å². The maximum atomic E-state index is 12.2. The molecule has 2 N–H and O–H groups in total. The first kappa shape index (κ1) is 14.8. The number of rotatable bonds is 4. The van der Waals surface area contributed by atoms with Gasteiger partial charge in [0, 0.05) is 44.7 Å². The van der Waals surface area contributed by atoms with E-state index in [4.69, 9.17) is 0 Å². The van der Waals surface area contributed by atoms with E-state index in [1.165, 1.54) is 0 Å². The van der Waals surface area contributed by atoms with Crippen LogP contribution in [0.3, 0.4) is 0 Å². The molecule has 0 saturated carbocycles. The zero-order valence-electron chi connectivity index (χ0n) is 12.4. The van der Waals surface area contributed by atoms with E-state index in [1.807, 2.05) is 0 Å². The van der Waals surface area contributed by atoms with Crippen LogP contribution in [-0.2, 0) is 4.79 Å². The van der Waals surface area contributed by atoms with Crippen LogP contribution in [-0.4, -0.2) is 75.1 Å². The smallest absolute Gasteiger partial charge is 0.226 e. The van der Waals surface area contributed by atoms with Gasteiger partial charge >= 0.3 is 0 Å². The second-order valence-corrected chi connectivity index (χ2v) is 6.21. The zero-order chi connectivity index (χ0) is 13.7. The van der Waals surface area contributed by atoms with Gasteiger partial charge in [-0.05, 0) is 33.0 Å². The van der Waals surface area contributed by atoms with E-state index in [0.29, 0.717) is 0 Å². The maximum Gasteiger partial charge on any atom is 0.226 e. The Morgan fingerprint density at radius 2 is 1.84 bits per heavy atom. The summed E-state index contributed by atoms with van der Waals surface area (Å²) in [7, 11) is 2.16. The summed E-state index contributed by atoms with van der Waals surface area (Å²) in [5, 5.41) is 6.44. The lowest BCUT2D eigenvalue weighted by atomic mass is 9.80. The predicted molar refractivity (Wildman–Crippen MR) is 77.2 cm³/mol. The maximum absolute atomic E-state index is 12.2. The van der Waals surface area contributed by atoms with E-state index in [-0.39, 0.29) is 11.3 Å². The van der Waals surface area contributed by atoms with Crippen molar-refractivity contribution in [2.24, 2.45) is 5.41 Å². The third kappa shape index (κ3) is 4.16. The van der Waals surface area contributed by atoms with Crippen LogP contribution >= 0.6 is 0 Å². The van der Waals surface area contributed by atoms with Gasteiger partial charge < -0.3 is 15.5 Å². The van der Waals surface area contributed by atoms with Crippen LogP contribution < -0.4 is 10.6 Å². The fraction of sp³-hybridized carbons (Fsp3) is 0.929. The van der Waals surface area contributed by atoms with Crippen molar-refractivity contribution in [1.82, 2.24) is 20.4 Å². The fourth-order valence-electron chi connectivity index (χ4n) is 2.82. The number of piperazine rings is 1. The van der Waals surface area contributed by atoms with Gasteiger partial charge in [0.15, 0.2) is 0 Å². The van der Waals surface area contributed by atoms with Crippen molar-refractivity contribution in [1.29, 1.82) is 0 Å². The van der Waals surface area contributed by atoms with Gasteiger partial charge in [-0.3, -0.25) is 9.69 Å². The van der Waals surface area contributed by atoms with E-state index in [1.54, 1.807) is 0 Å². The fourth-order valence-corrected chi connectivity index (χ4v) is 2.82. The standard InChI is InChI=1S/C14H28N4O/c1-14(3-5-15-6-4-14)13(19)16-7-8-18-11-9-17(2)10-12-18/h15H,3-12H2,1-2H3,(H,16,19). The van der Waals surface area contributed by atoms with Gasteiger partial charge in [0.2, 0.25) is 5.91 Å². The van der Waals surface area contributed by atoms with Crippen LogP contribution in [0.2, 0.25) is 0 Å². The summed E-state index contributed by atoms with van der Waals surface area (Å²) in [6, 6.07) is 0. The highest BCUT2D eigenvalue weighted by Gasteiger charge is 2.34. The summed E-state index contributed by atoms with van der Waals surface area (Å²) in [5.41, 5.74) is -0.159. The number of likely N-dealkylation sites (N-methyl/N-ethyl adjacent to an activating group) is 1. The van der Waals surface area contributed by atoms with E-state index in [2.05, 4.69) is 34.4 Å². The molecule has 0 aromatic heterocycles. The highest BCUT2D eigenvalue weighted by atomic mass is 16.2. The molecule has 2 fully saturated rings. The third-order valence-electron chi connectivity index (χ3n) is 4.56. The Balaban J connectivity index is 1.66. The molecule has 19 heavy (non-hydrogen) atoms. The predicted octanol–water partition coefficient (Wildman–Crippen LogP) is -0.260. The Labute approximate surface area is 116 Å². The Bertz CT molecular complexity index is 294. The molecule has 5 heteroatoms. The van der Waals surface area contributed by atoms with Crippen molar-refractivity contribution >= 4 is 5.91 Å². The topological polar surface area (TPSA) is 47.6 Å². The van der Waals surface area contributed by atoms with Crippen molar-refractivity contribution in [2.45, 2.75) is 19.8 Å². The molecule has 2 rings (SSSR count). The van der Waals surface area contributed by atoms with Crippen LogP contribution in [0.1, 0.15) is 19.8 Å². The van der Waals surface area contributed by atoms with Gasteiger partial charge in [0.05, 0.1) is 0 Å². The number of nitrogens with one attached hydrogen (secondary N) is 2. The molecule has 0 unspecified atom stereocenters. The molecule has 110 valence electrons. The molecule has 1 amide bonds. The SMILES string of the molecule is CN1CCN(CCNC(=O)C2(C)CCNCC2)CC1. The first-order chi connectivity index (χ1) is 9.10. The molecule has 0 atom stereocenters. The average molecular weight is 268 g/mol. The van der Waals surface area contributed by atoms with E-state index in [9.17, 15) is 4.79 Å². The van der Waals surface area contributed by atoms with Gasteiger partial charge in [-0.2, -0.15) is 0 Å². The first-order valence-electron chi connectivity index (χ1n) is 7.50. The minimum absolute atomic E-state index is 0.159. The van der Waals surface area contributed by atoms with Gasteiger partial charge in [-0.15, -0.1) is 0 Å². The van der Waals surface area contributed by atoms with Gasteiger partial charge in [-0.25, -0.2) is 0 Å². The van der Waals surface area contributed by atoms with Crippen molar-refractivity contribution in [3.05, 3.63) is 0 Å². The highest BCUT2D eigenvalue weighted by molar-refractivity contribution is 5.82. The summed E-state index contributed by atoms with van der Waals surface area (Å²) in [6.07, 6.45) is 1.90. The van der Waals surface area contributed by atoms with Crippen LogP contribution in [0, 0.1) is 5.41 Å². The molecular formula is C14H28N4O. The highest BCUT2D eigenvalue weighted by Crippen LogP contribution is 2.27. The Kier molecular flexibility index (Phi) is 5.19. The Morgan fingerprint density at radius 1 is 1.21 bits per heavy atom. The van der Waals surface area contributed by atoms with Crippen molar-refractivity contribution in [2.75, 3.05) is 59.4 Å². The lowest BCUT2D eigenvalue weighted by Gasteiger charge is -2.34. The normalized spacial score (nSPS) is 25.2. The molecule has 2 aliphatic heterocycles. The quantitative estimate of drug-likeness (QED) is 0.737. The summed E-state index contributed by atoms with van der Waals surface area (Å²) < 4.78 is 0. The van der Waals surface area contributed by atoms with Crippen molar-refractivity contribution in [3.63, 3.8) is 0 Å². The Hall–Kier alpha value is -0.650. The monoisotopic (exact) mass is 268 g/mol. The molecule has 2 heterocycles. The van der Waals surface area contributed by atoms with Crippen LogP contribution in [0.4, 0.5) is 0 Å². The minimum atomic E-state index is -0.159. The van der Waals surface area contributed by atoms with Crippen molar-refractivity contribution < 1.29 is 4.79 Å². The number of amides is 1. The number of nitrogens with zero attached hydrogens (tertiary/aromatic N) is 2. The number of carbonyl (C=O) groups is 1. The molecule has 0 aliphatic carbocycles. The summed E-state index contributed by atoms with van der Waals surface area (Å²) >= 11 is 0. The average Bonchev–Trinajstić information content (AvgIpc) is 2.42. The van der Waals surface area contributed by atoms with Gasteiger partial charge in [0.1, 0.15) is 0 Å². The minimum Gasteiger partial charge on any atom is -0.354 e. The van der Waals surface area contributed by atoms with Crippen molar-refractivity contribution in [3.8, 4) is 0 Å². The second-order valence-electron chi connectivity index (χ2n) is 6.21. The lowest BCUT2D eigenvalue weighted by Crippen LogP contribution is -2.49. The molecule has 0 aromatic rings. The third-order valence-corrected chi connectivity index (χ3v) is 4.56. The number of hydrogen-bond acceptors (Lipinski definition) is 4. The van der Waals surface area contributed by atoms with Gasteiger partial charge in [-0.1, -0.05) is 6.92 Å². The molecule has 2 aliphatic rings. The number of carbonyl (C=O) groups excluding carboxylic acids is 1. The Morgan fingerprint density at radius 3 is 2.47 bits per heavy atom. The molecule has 0 bridgehead atoms. The molecule has 0 aromatic carbocycles. The molecule has 0 spiro atoms. The molecule has 0 radical (unpaired) electrons.